The van der Waals surface area contributed by atoms with Gasteiger partial charge in [0.15, 0.2) is 0 Å². The monoisotopic (exact) mass is 259 g/mol. The van der Waals surface area contributed by atoms with Gasteiger partial charge in [0.1, 0.15) is 0 Å². The highest BCUT2D eigenvalue weighted by atomic mass is 19.4. The van der Waals surface area contributed by atoms with Crippen molar-refractivity contribution >= 4 is 5.97 Å². The summed E-state index contributed by atoms with van der Waals surface area (Å²) in [6.07, 6.45) is -4.40. The van der Waals surface area contributed by atoms with E-state index in [1.807, 2.05) is 0 Å². The quantitative estimate of drug-likeness (QED) is 0.785. The van der Waals surface area contributed by atoms with E-state index in [2.05, 4.69) is 10.1 Å². The minimum atomic E-state index is -4.40. The third-order valence-corrected chi connectivity index (χ3v) is 3.00. The standard InChI is InChI=1S/C12H12F3NO2/c1-18-11(17)10-6-16-5-7-2-3-8(4-9(7)10)12(13,14)15/h2-4,10,16H,5-6H2,1H3. The van der Waals surface area contributed by atoms with Crippen LogP contribution < -0.4 is 5.32 Å². The molecule has 0 saturated carbocycles. The number of halogens is 3. The van der Waals surface area contributed by atoms with Gasteiger partial charge in [0.05, 0.1) is 18.6 Å². The molecule has 0 spiro atoms. The molecule has 98 valence electrons. The number of ether oxygens (including phenoxy) is 1. The van der Waals surface area contributed by atoms with Crippen molar-refractivity contribution in [2.45, 2.75) is 18.6 Å². The highest BCUT2D eigenvalue weighted by molar-refractivity contribution is 5.79. The number of fused-ring (bicyclic) bond motifs is 1. The van der Waals surface area contributed by atoms with Crippen LogP contribution >= 0.6 is 0 Å². The fraction of sp³-hybridized carbons (Fsp3) is 0.417. The molecular weight excluding hydrogens is 247 g/mol. The van der Waals surface area contributed by atoms with Crippen LogP contribution in [0.5, 0.6) is 0 Å². The second-order valence-electron chi connectivity index (χ2n) is 4.12. The lowest BCUT2D eigenvalue weighted by molar-refractivity contribution is -0.143. The molecule has 0 aromatic heterocycles. The molecule has 0 aliphatic carbocycles. The first-order valence-corrected chi connectivity index (χ1v) is 5.42. The van der Waals surface area contributed by atoms with Gasteiger partial charge >= 0.3 is 12.1 Å². The minimum Gasteiger partial charge on any atom is -0.469 e. The zero-order valence-electron chi connectivity index (χ0n) is 9.67. The maximum atomic E-state index is 12.6. The van der Waals surface area contributed by atoms with Crippen molar-refractivity contribution in [1.29, 1.82) is 0 Å². The fourth-order valence-electron chi connectivity index (χ4n) is 2.07. The molecule has 0 fully saturated rings. The topological polar surface area (TPSA) is 38.3 Å². The number of nitrogens with one attached hydrogen (secondary N) is 1. The molecule has 2 rings (SSSR count). The van der Waals surface area contributed by atoms with Crippen molar-refractivity contribution in [3.63, 3.8) is 0 Å². The molecule has 1 aromatic rings. The molecule has 0 saturated heterocycles. The zero-order chi connectivity index (χ0) is 13.3. The molecule has 1 heterocycles. The first-order chi connectivity index (χ1) is 8.43. The molecule has 1 aliphatic heterocycles. The van der Waals surface area contributed by atoms with Crippen LogP contribution in [0.2, 0.25) is 0 Å². The van der Waals surface area contributed by atoms with E-state index in [-0.39, 0.29) is 0 Å². The highest BCUT2D eigenvalue weighted by Crippen LogP contribution is 2.34. The van der Waals surface area contributed by atoms with Crippen LogP contribution in [0, 0.1) is 0 Å². The Morgan fingerprint density at radius 3 is 2.78 bits per heavy atom. The summed E-state index contributed by atoms with van der Waals surface area (Å²) in [5, 5.41) is 2.98. The summed E-state index contributed by atoms with van der Waals surface area (Å²) in [7, 11) is 1.23. The Bertz CT molecular complexity index is 471. The van der Waals surface area contributed by atoms with E-state index in [0.29, 0.717) is 24.2 Å². The van der Waals surface area contributed by atoms with Crippen molar-refractivity contribution < 1.29 is 22.7 Å². The van der Waals surface area contributed by atoms with Crippen LogP contribution in [0.1, 0.15) is 22.6 Å². The molecule has 1 unspecified atom stereocenters. The van der Waals surface area contributed by atoms with Crippen molar-refractivity contribution in [2.24, 2.45) is 0 Å². The lowest BCUT2D eigenvalue weighted by Gasteiger charge is -2.25. The Hall–Kier alpha value is -1.56. The van der Waals surface area contributed by atoms with Gasteiger partial charge < -0.3 is 10.1 Å². The molecule has 0 radical (unpaired) electrons. The summed E-state index contributed by atoms with van der Waals surface area (Å²) >= 11 is 0. The first-order valence-electron chi connectivity index (χ1n) is 5.42. The van der Waals surface area contributed by atoms with E-state index in [4.69, 9.17) is 0 Å². The molecule has 3 nitrogen and oxygen atoms in total. The number of carbonyl (C=O) groups is 1. The van der Waals surface area contributed by atoms with Gasteiger partial charge in [0.2, 0.25) is 0 Å². The smallest absolute Gasteiger partial charge is 0.416 e. The van der Waals surface area contributed by atoms with Crippen molar-refractivity contribution in [2.75, 3.05) is 13.7 Å². The number of esters is 1. The van der Waals surface area contributed by atoms with E-state index in [0.717, 1.165) is 12.1 Å². The number of benzene rings is 1. The molecule has 1 aliphatic rings. The number of alkyl halides is 3. The highest BCUT2D eigenvalue weighted by Gasteiger charge is 2.34. The van der Waals surface area contributed by atoms with Crippen molar-refractivity contribution in [1.82, 2.24) is 5.32 Å². The van der Waals surface area contributed by atoms with E-state index >= 15 is 0 Å². The zero-order valence-corrected chi connectivity index (χ0v) is 9.67. The average molecular weight is 259 g/mol. The van der Waals surface area contributed by atoms with Crippen LogP contribution in [-0.2, 0) is 22.3 Å². The third-order valence-electron chi connectivity index (χ3n) is 3.00. The Labute approximate surface area is 102 Å². The number of methoxy groups -OCH3 is 1. The molecule has 1 aromatic carbocycles. The fourth-order valence-corrected chi connectivity index (χ4v) is 2.07. The van der Waals surface area contributed by atoms with Crippen LogP contribution in [-0.4, -0.2) is 19.6 Å². The Morgan fingerprint density at radius 2 is 2.17 bits per heavy atom. The largest absolute Gasteiger partial charge is 0.469 e. The van der Waals surface area contributed by atoms with E-state index in [1.165, 1.54) is 13.2 Å². The summed E-state index contributed by atoms with van der Waals surface area (Å²) in [5.41, 5.74) is 0.358. The SMILES string of the molecule is COC(=O)C1CNCc2ccc(C(F)(F)F)cc21. The van der Waals surface area contributed by atoms with E-state index < -0.39 is 23.6 Å². The number of hydrogen-bond acceptors (Lipinski definition) is 3. The van der Waals surface area contributed by atoms with Gasteiger partial charge in [-0.15, -0.1) is 0 Å². The Kier molecular flexibility index (Phi) is 3.30. The normalized spacial score (nSPS) is 19.2. The maximum absolute atomic E-state index is 12.6. The first kappa shape index (κ1) is 12.9. The number of rotatable bonds is 1. The summed E-state index contributed by atoms with van der Waals surface area (Å²) in [6, 6.07) is 3.47. The average Bonchev–Trinajstić information content (AvgIpc) is 2.35. The lowest BCUT2D eigenvalue weighted by Crippen LogP contribution is -2.33. The number of hydrogen-bond donors (Lipinski definition) is 1. The van der Waals surface area contributed by atoms with Gasteiger partial charge in [0.25, 0.3) is 0 Å². The van der Waals surface area contributed by atoms with Gasteiger partial charge in [-0.25, -0.2) is 0 Å². The van der Waals surface area contributed by atoms with Crippen molar-refractivity contribution in [3.8, 4) is 0 Å². The van der Waals surface area contributed by atoms with Gasteiger partial charge in [-0.2, -0.15) is 13.2 Å². The van der Waals surface area contributed by atoms with Gasteiger partial charge in [-0.05, 0) is 23.3 Å². The van der Waals surface area contributed by atoms with E-state index in [1.54, 1.807) is 0 Å². The van der Waals surface area contributed by atoms with Crippen LogP contribution in [0.4, 0.5) is 13.2 Å². The van der Waals surface area contributed by atoms with Gasteiger partial charge in [-0.3, -0.25) is 4.79 Å². The second-order valence-corrected chi connectivity index (χ2v) is 4.12. The second kappa shape index (κ2) is 4.61. The summed E-state index contributed by atoms with van der Waals surface area (Å²) in [5.74, 6) is -1.20. The molecule has 18 heavy (non-hydrogen) atoms. The van der Waals surface area contributed by atoms with E-state index in [9.17, 15) is 18.0 Å². The molecule has 1 N–H and O–H groups in total. The predicted molar refractivity (Wildman–Crippen MR) is 57.9 cm³/mol. The third kappa shape index (κ3) is 2.33. The lowest BCUT2D eigenvalue weighted by atomic mass is 9.89. The Balaban J connectivity index is 2.44. The van der Waals surface area contributed by atoms with Crippen LogP contribution in [0.15, 0.2) is 18.2 Å². The van der Waals surface area contributed by atoms with Crippen LogP contribution in [0.3, 0.4) is 0 Å². The summed E-state index contributed by atoms with van der Waals surface area (Å²) in [4.78, 5) is 11.5. The maximum Gasteiger partial charge on any atom is 0.416 e. The molecular formula is C12H12F3NO2. The molecule has 0 amide bonds. The molecule has 1 atom stereocenters. The molecule has 6 heteroatoms. The number of carbonyl (C=O) groups excluding carboxylic acids is 1. The van der Waals surface area contributed by atoms with Crippen molar-refractivity contribution in [3.05, 3.63) is 34.9 Å². The summed E-state index contributed by atoms with van der Waals surface area (Å²) in [6.45, 7) is 0.752. The van der Waals surface area contributed by atoms with Crippen LogP contribution in [0.25, 0.3) is 0 Å². The molecule has 0 bridgehead atoms. The Morgan fingerprint density at radius 1 is 1.44 bits per heavy atom. The van der Waals surface area contributed by atoms with Gasteiger partial charge in [0, 0.05) is 13.1 Å². The minimum absolute atomic E-state index is 0.293. The van der Waals surface area contributed by atoms with Gasteiger partial charge in [-0.1, -0.05) is 6.07 Å². The summed E-state index contributed by atoms with van der Waals surface area (Å²) < 4.78 is 42.5. The predicted octanol–water partition coefficient (Wildman–Crippen LogP) is 2.07.